The Bertz CT molecular complexity index is 514. The highest BCUT2D eigenvalue weighted by Gasteiger charge is 2.07. The van der Waals surface area contributed by atoms with Crippen LogP contribution in [0.5, 0.6) is 0 Å². The maximum absolute atomic E-state index is 4.32. The molecule has 4 heteroatoms. The zero-order valence-corrected chi connectivity index (χ0v) is 12.7. The highest BCUT2D eigenvalue weighted by Crippen LogP contribution is 2.25. The predicted octanol–water partition coefficient (Wildman–Crippen LogP) is 3.36. The molecule has 0 radical (unpaired) electrons. The van der Waals surface area contributed by atoms with E-state index in [4.69, 9.17) is 0 Å². The highest BCUT2D eigenvalue weighted by atomic mass is 32.1. The number of aromatic nitrogens is 2. The topological polar surface area (TPSA) is 37.8 Å². The van der Waals surface area contributed by atoms with Crippen molar-refractivity contribution in [2.24, 2.45) is 0 Å². The molecule has 3 nitrogen and oxygen atoms in total. The molecule has 2 rings (SSSR count). The molecule has 19 heavy (non-hydrogen) atoms. The van der Waals surface area contributed by atoms with Gasteiger partial charge in [-0.25, -0.2) is 0 Å². The van der Waals surface area contributed by atoms with Crippen molar-refractivity contribution in [1.82, 2.24) is 15.5 Å². The van der Waals surface area contributed by atoms with E-state index in [9.17, 15) is 0 Å². The molecular weight excluding hydrogens is 254 g/mol. The molecule has 102 valence electrons. The first kappa shape index (κ1) is 14.2. The Kier molecular flexibility index (Phi) is 5.05. The second-order valence-corrected chi connectivity index (χ2v) is 5.90. The summed E-state index contributed by atoms with van der Waals surface area (Å²) < 4.78 is 0. The minimum absolute atomic E-state index is 1.01. The number of aryl methyl sites for hydroxylation is 3. The molecule has 0 unspecified atom stereocenters. The fourth-order valence-electron chi connectivity index (χ4n) is 2.11. The molecule has 2 aromatic rings. The van der Waals surface area contributed by atoms with E-state index in [0.29, 0.717) is 0 Å². The van der Waals surface area contributed by atoms with Crippen molar-refractivity contribution in [2.45, 2.75) is 33.6 Å². The van der Waals surface area contributed by atoms with E-state index in [1.807, 2.05) is 0 Å². The van der Waals surface area contributed by atoms with E-state index in [1.54, 1.807) is 11.3 Å². The van der Waals surface area contributed by atoms with Crippen LogP contribution in [0.1, 0.15) is 29.5 Å². The van der Waals surface area contributed by atoms with Crippen LogP contribution in [0.25, 0.3) is 10.6 Å². The third-order valence-electron chi connectivity index (χ3n) is 2.93. The first-order chi connectivity index (χ1) is 9.19. The van der Waals surface area contributed by atoms with E-state index in [2.05, 4.69) is 54.5 Å². The molecule has 0 bridgehead atoms. The summed E-state index contributed by atoms with van der Waals surface area (Å²) in [5.74, 6) is 0. The van der Waals surface area contributed by atoms with Crippen LogP contribution >= 0.6 is 11.3 Å². The van der Waals surface area contributed by atoms with Crippen LogP contribution in [-0.4, -0.2) is 23.3 Å². The molecule has 0 aliphatic heterocycles. The summed E-state index contributed by atoms with van der Waals surface area (Å²) in [4.78, 5) is 0. The van der Waals surface area contributed by atoms with E-state index < -0.39 is 0 Å². The third-order valence-corrected chi connectivity index (χ3v) is 3.96. The summed E-state index contributed by atoms with van der Waals surface area (Å²) >= 11 is 1.71. The number of hydrogen-bond acceptors (Lipinski definition) is 4. The van der Waals surface area contributed by atoms with Gasteiger partial charge in [-0.1, -0.05) is 35.5 Å². The van der Waals surface area contributed by atoms with Gasteiger partial charge < -0.3 is 5.32 Å². The fraction of sp³-hybridized carbons (Fsp3) is 0.467. The van der Waals surface area contributed by atoms with Gasteiger partial charge in [-0.2, -0.15) is 0 Å². The van der Waals surface area contributed by atoms with Crippen molar-refractivity contribution >= 4 is 11.3 Å². The van der Waals surface area contributed by atoms with E-state index in [0.717, 1.165) is 35.9 Å². The smallest absolute Gasteiger partial charge is 0.147 e. The van der Waals surface area contributed by atoms with Gasteiger partial charge in [0, 0.05) is 12.0 Å². The summed E-state index contributed by atoms with van der Waals surface area (Å²) in [5, 5.41) is 14.1. The molecule has 0 amide bonds. The zero-order chi connectivity index (χ0) is 13.7. The van der Waals surface area contributed by atoms with Crippen molar-refractivity contribution in [3.05, 3.63) is 34.3 Å². The van der Waals surface area contributed by atoms with Crippen molar-refractivity contribution in [3.8, 4) is 10.6 Å². The number of nitrogens with one attached hydrogen (secondary N) is 1. The molecule has 0 spiro atoms. The molecule has 0 fully saturated rings. The SMILES string of the molecule is CCNCCCc1nnc(-c2cc(C)cc(C)c2)s1. The summed E-state index contributed by atoms with van der Waals surface area (Å²) in [6.45, 7) is 8.45. The molecule has 0 saturated heterocycles. The van der Waals surface area contributed by atoms with Crippen molar-refractivity contribution in [2.75, 3.05) is 13.1 Å². The largest absolute Gasteiger partial charge is 0.317 e. The minimum Gasteiger partial charge on any atom is -0.317 e. The maximum Gasteiger partial charge on any atom is 0.147 e. The van der Waals surface area contributed by atoms with Crippen LogP contribution in [0.4, 0.5) is 0 Å². The van der Waals surface area contributed by atoms with Crippen LogP contribution in [0, 0.1) is 13.8 Å². The summed E-state index contributed by atoms with van der Waals surface area (Å²) in [5.41, 5.74) is 3.74. The lowest BCUT2D eigenvalue weighted by molar-refractivity contribution is 0.669. The normalized spacial score (nSPS) is 10.9. The molecule has 0 saturated carbocycles. The van der Waals surface area contributed by atoms with Gasteiger partial charge in [0.25, 0.3) is 0 Å². The zero-order valence-electron chi connectivity index (χ0n) is 11.9. The molecule has 0 aliphatic carbocycles. The van der Waals surface area contributed by atoms with Gasteiger partial charge in [-0.3, -0.25) is 0 Å². The second-order valence-electron chi connectivity index (χ2n) is 4.83. The summed E-state index contributed by atoms with van der Waals surface area (Å²) in [6.07, 6.45) is 2.13. The molecule has 1 heterocycles. The van der Waals surface area contributed by atoms with Gasteiger partial charge in [0.05, 0.1) is 0 Å². The van der Waals surface area contributed by atoms with Crippen LogP contribution in [-0.2, 0) is 6.42 Å². The van der Waals surface area contributed by atoms with Crippen LogP contribution in [0.2, 0.25) is 0 Å². The lowest BCUT2D eigenvalue weighted by atomic mass is 10.1. The van der Waals surface area contributed by atoms with Crippen molar-refractivity contribution in [3.63, 3.8) is 0 Å². The Morgan fingerprint density at radius 1 is 1.11 bits per heavy atom. The van der Waals surface area contributed by atoms with Gasteiger partial charge in [-0.15, -0.1) is 10.2 Å². The molecule has 1 aromatic heterocycles. The van der Waals surface area contributed by atoms with Crippen LogP contribution in [0.3, 0.4) is 0 Å². The van der Waals surface area contributed by atoms with Gasteiger partial charge in [-0.05, 0) is 45.5 Å². The third kappa shape index (κ3) is 4.11. The Balaban J connectivity index is 2.03. The lowest BCUT2D eigenvalue weighted by Gasteiger charge is -2.00. The first-order valence-corrected chi connectivity index (χ1v) is 7.62. The van der Waals surface area contributed by atoms with Crippen molar-refractivity contribution in [1.29, 1.82) is 0 Å². The first-order valence-electron chi connectivity index (χ1n) is 6.81. The predicted molar refractivity (Wildman–Crippen MR) is 81.7 cm³/mol. The van der Waals surface area contributed by atoms with Gasteiger partial charge in [0.15, 0.2) is 0 Å². The summed E-state index contributed by atoms with van der Waals surface area (Å²) in [6, 6.07) is 6.54. The quantitative estimate of drug-likeness (QED) is 0.821. The minimum atomic E-state index is 1.01. The monoisotopic (exact) mass is 275 g/mol. The Hall–Kier alpha value is -1.26. The Morgan fingerprint density at radius 3 is 2.53 bits per heavy atom. The number of rotatable bonds is 6. The average molecular weight is 275 g/mol. The highest BCUT2D eigenvalue weighted by molar-refractivity contribution is 7.14. The summed E-state index contributed by atoms with van der Waals surface area (Å²) in [7, 11) is 0. The average Bonchev–Trinajstić information content (AvgIpc) is 2.82. The molecule has 0 aliphatic rings. The van der Waals surface area contributed by atoms with Crippen LogP contribution in [0.15, 0.2) is 18.2 Å². The van der Waals surface area contributed by atoms with E-state index in [1.165, 1.54) is 16.7 Å². The molecule has 1 aromatic carbocycles. The number of nitrogens with zero attached hydrogens (tertiary/aromatic N) is 2. The lowest BCUT2D eigenvalue weighted by Crippen LogP contribution is -2.14. The number of benzene rings is 1. The number of hydrogen-bond donors (Lipinski definition) is 1. The Morgan fingerprint density at radius 2 is 1.84 bits per heavy atom. The van der Waals surface area contributed by atoms with Crippen LogP contribution < -0.4 is 5.32 Å². The fourth-order valence-corrected chi connectivity index (χ4v) is 2.98. The maximum atomic E-state index is 4.32. The van der Waals surface area contributed by atoms with E-state index in [-0.39, 0.29) is 0 Å². The van der Waals surface area contributed by atoms with Gasteiger partial charge in [0.1, 0.15) is 10.0 Å². The Labute approximate surface area is 119 Å². The molecule has 0 atom stereocenters. The second kappa shape index (κ2) is 6.78. The molecular formula is C15H21N3S. The van der Waals surface area contributed by atoms with E-state index >= 15 is 0 Å². The standard InChI is InChI=1S/C15H21N3S/c1-4-16-7-5-6-14-17-18-15(19-14)13-9-11(2)8-12(3)10-13/h8-10,16H,4-7H2,1-3H3. The van der Waals surface area contributed by atoms with Gasteiger partial charge in [0.2, 0.25) is 0 Å². The van der Waals surface area contributed by atoms with Crippen molar-refractivity contribution < 1.29 is 0 Å². The van der Waals surface area contributed by atoms with Gasteiger partial charge >= 0.3 is 0 Å². The molecule has 1 N–H and O–H groups in total.